The molecule has 210 valence electrons. The molecule has 0 aliphatic rings. The van der Waals surface area contributed by atoms with Gasteiger partial charge in [-0.05, 0) is 25.8 Å². The minimum Gasteiger partial charge on any atom is -0.490 e. The zero-order valence-corrected chi connectivity index (χ0v) is 23.6. The smallest absolute Gasteiger partial charge is 0.328 e. The van der Waals surface area contributed by atoms with Crippen molar-refractivity contribution in [2.24, 2.45) is 21.1 Å². The molecule has 13 heteroatoms. The molecule has 0 spiro atoms. The van der Waals surface area contributed by atoms with Crippen molar-refractivity contribution >= 4 is 26.7 Å². The summed E-state index contributed by atoms with van der Waals surface area (Å²) >= 11 is 0. The molecular formula is C26H32FN5O6S. The molecule has 4 aromatic rings. The summed E-state index contributed by atoms with van der Waals surface area (Å²) < 4.78 is 65.7. The number of rotatable bonds is 11. The van der Waals surface area contributed by atoms with Crippen LogP contribution in [0.3, 0.4) is 0 Å². The van der Waals surface area contributed by atoms with Crippen molar-refractivity contribution in [3.05, 3.63) is 52.6 Å². The second-order valence-corrected chi connectivity index (χ2v) is 10.7. The Labute approximate surface area is 225 Å². The summed E-state index contributed by atoms with van der Waals surface area (Å²) in [7, 11) is 0.741. The van der Waals surface area contributed by atoms with Gasteiger partial charge in [0.25, 0.3) is 10.0 Å². The number of benzene rings is 2. The fraction of sp³-hybridized carbons (Fsp3) is 0.385. The topological polar surface area (TPSA) is 119 Å². The first-order valence-corrected chi connectivity index (χ1v) is 13.9. The minimum absolute atomic E-state index is 0.0558. The molecule has 0 radical (unpaired) electrons. The molecule has 0 saturated carbocycles. The van der Waals surface area contributed by atoms with E-state index in [-0.39, 0.29) is 52.6 Å². The number of nitrogens with zero attached hydrogens (tertiary/aromatic N) is 4. The maximum absolute atomic E-state index is 15.0. The molecule has 0 unspecified atom stereocenters. The van der Waals surface area contributed by atoms with E-state index in [0.29, 0.717) is 29.7 Å². The Hall–Kier alpha value is -4.00. The lowest BCUT2D eigenvalue weighted by atomic mass is 10.2. The van der Waals surface area contributed by atoms with Gasteiger partial charge >= 0.3 is 5.69 Å². The van der Waals surface area contributed by atoms with E-state index in [2.05, 4.69) is 9.71 Å². The van der Waals surface area contributed by atoms with E-state index in [0.717, 1.165) is 0 Å². The molecule has 2 heterocycles. The zero-order valence-electron chi connectivity index (χ0n) is 22.7. The van der Waals surface area contributed by atoms with Crippen LogP contribution in [-0.2, 0) is 31.2 Å². The summed E-state index contributed by atoms with van der Waals surface area (Å²) in [6, 6.07) is 5.80. The molecule has 2 aromatic carbocycles. The summed E-state index contributed by atoms with van der Waals surface area (Å²) in [6.45, 7) is 6.03. The normalized spacial score (nSPS) is 11.7. The largest absolute Gasteiger partial charge is 0.490 e. The Kier molecular flexibility index (Phi) is 7.91. The van der Waals surface area contributed by atoms with Crippen LogP contribution in [0.4, 0.5) is 10.1 Å². The predicted molar refractivity (Wildman–Crippen MR) is 145 cm³/mol. The van der Waals surface area contributed by atoms with E-state index < -0.39 is 15.8 Å². The van der Waals surface area contributed by atoms with Crippen molar-refractivity contribution in [3.8, 4) is 23.0 Å². The molecule has 0 saturated heterocycles. The number of fused-ring (bicyclic) bond motifs is 1. The van der Waals surface area contributed by atoms with Crippen molar-refractivity contribution in [1.82, 2.24) is 18.7 Å². The highest BCUT2D eigenvalue weighted by molar-refractivity contribution is 7.92. The molecule has 1 N–H and O–H groups in total. The number of ether oxygens (including phenoxy) is 3. The standard InChI is InChI=1S/C26H32FN5O6S/c1-7-9-36-22-11-17(12-23(25(22)27)37-10-8-2)38-21-14-20-19(31(5)26(33)32(20)6)13-18(21)29-39(34,35)24-15-30(4)16(3)28-24/h11-15,29H,7-10H2,1-6H3. The van der Waals surface area contributed by atoms with Crippen molar-refractivity contribution in [2.75, 3.05) is 17.9 Å². The molecule has 0 fully saturated rings. The highest BCUT2D eigenvalue weighted by atomic mass is 32.2. The van der Waals surface area contributed by atoms with Crippen LogP contribution in [0, 0.1) is 12.7 Å². The van der Waals surface area contributed by atoms with Crippen molar-refractivity contribution in [2.45, 2.75) is 38.6 Å². The highest BCUT2D eigenvalue weighted by Gasteiger charge is 2.23. The monoisotopic (exact) mass is 561 g/mol. The number of anilines is 1. The first kappa shape index (κ1) is 28.0. The number of aromatic nitrogens is 4. The summed E-state index contributed by atoms with van der Waals surface area (Å²) in [6.07, 6.45) is 2.71. The lowest BCUT2D eigenvalue weighted by Gasteiger charge is -2.16. The van der Waals surface area contributed by atoms with Crippen LogP contribution in [-0.4, -0.2) is 40.3 Å². The van der Waals surface area contributed by atoms with Crippen molar-refractivity contribution < 1.29 is 27.0 Å². The van der Waals surface area contributed by atoms with Crippen LogP contribution in [0.1, 0.15) is 32.5 Å². The van der Waals surface area contributed by atoms with E-state index in [1.807, 2.05) is 13.8 Å². The summed E-state index contributed by atoms with van der Waals surface area (Å²) in [5.41, 5.74) is 0.732. The highest BCUT2D eigenvalue weighted by Crippen LogP contribution is 2.39. The number of halogens is 1. The van der Waals surface area contributed by atoms with Crippen molar-refractivity contribution in [1.29, 1.82) is 0 Å². The molecule has 0 aliphatic heterocycles. The van der Waals surface area contributed by atoms with Crippen LogP contribution >= 0.6 is 0 Å². The average molecular weight is 562 g/mol. The van der Waals surface area contributed by atoms with Crippen LogP contribution in [0.15, 0.2) is 40.3 Å². The Balaban J connectivity index is 1.85. The predicted octanol–water partition coefficient (Wildman–Crippen LogP) is 4.23. The molecular weight excluding hydrogens is 529 g/mol. The lowest BCUT2D eigenvalue weighted by molar-refractivity contribution is 0.271. The summed E-state index contributed by atoms with van der Waals surface area (Å²) in [4.78, 5) is 16.7. The maximum atomic E-state index is 15.0. The van der Waals surface area contributed by atoms with E-state index >= 15 is 4.39 Å². The third-order valence-corrected chi connectivity index (χ3v) is 7.35. The van der Waals surface area contributed by atoms with Gasteiger partial charge in [-0.1, -0.05) is 13.8 Å². The number of nitrogens with one attached hydrogen (secondary N) is 1. The van der Waals surface area contributed by atoms with Gasteiger partial charge < -0.3 is 18.8 Å². The van der Waals surface area contributed by atoms with Gasteiger partial charge in [-0.25, -0.2) is 9.78 Å². The van der Waals surface area contributed by atoms with E-state index in [4.69, 9.17) is 14.2 Å². The molecule has 0 amide bonds. The zero-order chi connectivity index (χ0) is 28.5. The molecule has 0 aliphatic carbocycles. The number of hydrogen-bond donors (Lipinski definition) is 1. The Morgan fingerprint density at radius 1 is 0.923 bits per heavy atom. The first-order valence-electron chi connectivity index (χ1n) is 12.5. The SMILES string of the molecule is CCCOc1cc(Oc2cc3c(cc2NS(=O)(=O)c2cn(C)c(C)n2)n(C)c(=O)n3C)cc(OCCC)c1F. The van der Waals surface area contributed by atoms with Gasteiger partial charge in [0, 0.05) is 45.5 Å². The molecule has 0 atom stereocenters. The first-order chi connectivity index (χ1) is 18.5. The molecule has 0 bridgehead atoms. The van der Waals surface area contributed by atoms with Gasteiger partial charge in [0.15, 0.2) is 22.3 Å². The summed E-state index contributed by atoms with van der Waals surface area (Å²) in [5.74, 6) is -0.0215. The Bertz CT molecular complexity index is 1640. The molecule has 11 nitrogen and oxygen atoms in total. The number of sulfonamides is 1. The fourth-order valence-corrected chi connectivity index (χ4v) is 5.01. The van der Waals surface area contributed by atoms with Crippen molar-refractivity contribution in [3.63, 3.8) is 0 Å². The van der Waals surface area contributed by atoms with Gasteiger partial charge in [0.2, 0.25) is 5.82 Å². The second kappa shape index (κ2) is 11.0. The van der Waals surface area contributed by atoms with E-state index in [1.54, 1.807) is 38.7 Å². The number of imidazole rings is 2. The van der Waals surface area contributed by atoms with E-state index in [1.165, 1.54) is 33.5 Å². The van der Waals surface area contributed by atoms with Crippen LogP contribution in [0.5, 0.6) is 23.0 Å². The lowest BCUT2D eigenvalue weighted by Crippen LogP contribution is -2.19. The minimum atomic E-state index is -4.13. The van der Waals surface area contributed by atoms with Gasteiger partial charge in [0.05, 0.1) is 29.9 Å². The number of aryl methyl sites for hydroxylation is 4. The molecule has 39 heavy (non-hydrogen) atoms. The average Bonchev–Trinajstić information content (AvgIpc) is 3.34. The van der Waals surface area contributed by atoms with Crippen LogP contribution in [0.2, 0.25) is 0 Å². The quantitative estimate of drug-likeness (QED) is 0.291. The molecule has 2 aromatic heterocycles. The fourth-order valence-electron chi connectivity index (χ4n) is 3.91. The van der Waals surface area contributed by atoms with Gasteiger partial charge in [-0.2, -0.15) is 12.8 Å². The third-order valence-electron chi connectivity index (χ3n) is 6.11. The van der Waals surface area contributed by atoms with Gasteiger partial charge in [-0.3, -0.25) is 13.9 Å². The summed E-state index contributed by atoms with van der Waals surface area (Å²) in [5, 5.41) is -0.178. The third kappa shape index (κ3) is 5.58. The van der Waals surface area contributed by atoms with Crippen LogP contribution in [0.25, 0.3) is 11.0 Å². The maximum Gasteiger partial charge on any atom is 0.328 e. The second-order valence-electron chi connectivity index (χ2n) is 9.11. The Morgan fingerprint density at radius 3 is 2.00 bits per heavy atom. The number of hydrogen-bond acceptors (Lipinski definition) is 7. The Morgan fingerprint density at radius 2 is 1.49 bits per heavy atom. The van der Waals surface area contributed by atoms with Gasteiger partial charge in [0.1, 0.15) is 11.6 Å². The van der Waals surface area contributed by atoms with E-state index in [9.17, 15) is 13.2 Å². The van der Waals surface area contributed by atoms with Gasteiger partial charge in [-0.15, -0.1) is 0 Å². The molecule has 4 rings (SSSR count). The van der Waals surface area contributed by atoms with Crippen LogP contribution < -0.4 is 24.6 Å².